The summed E-state index contributed by atoms with van der Waals surface area (Å²) in [4.78, 5) is 23.4. The standard InChI is InChI=1S/C16H18N2O5/c1-9(2)14-7-13(18-23-14)15(19)17-12-5-10(8-22-3)4-11(6-12)16(20)21/h4-7,9H,8H2,1-3H3,(H,17,19)(H,20,21). The third-order valence-electron chi connectivity index (χ3n) is 3.14. The number of methoxy groups -OCH3 is 1. The molecule has 23 heavy (non-hydrogen) atoms. The lowest BCUT2D eigenvalue weighted by Crippen LogP contribution is -2.13. The van der Waals surface area contributed by atoms with Gasteiger partial charge in [0.2, 0.25) is 0 Å². The molecule has 0 spiro atoms. The van der Waals surface area contributed by atoms with Gasteiger partial charge in [0.25, 0.3) is 5.91 Å². The van der Waals surface area contributed by atoms with Crippen LogP contribution in [0, 0.1) is 0 Å². The Labute approximate surface area is 133 Å². The van der Waals surface area contributed by atoms with Gasteiger partial charge in [0.15, 0.2) is 5.69 Å². The molecule has 2 rings (SSSR count). The van der Waals surface area contributed by atoms with Gasteiger partial charge in [-0.3, -0.25) is 4.79 Å². The summed E-state index contributed by atoms with van der Waals surface area (Å²) in [5, 5.41) is 15.5. The van der Waals surface area contributed by atoms with Crippen LogP contribution in [0.5, 0.6) is 0 Å². The maximum absolute atomic E-state index is 12.2. The van der Waals surface area contributed by atoms with E-state index in [4.69, 9.17) is 14.4 Å². The molecule has 2 N–H and O–H groups in total. The number of rotatable bonds is 6. The van der Waals surface area contributed by atoms with Crippen LogP contribution < -0.4 is 5.32 Å². The number of benzene rings is 1. The van der Waals surface area contributed by atoms with Gasteiger partial charge >= 0.3 is 5.97 Å². The Balaban J connectivity index is 2.23. The number of carboxylic acids is 1. The smallest absolute Gasteiger partial charge is 0.335 e. The molecule has 0 aliphatic rings. The van der Waals surface area contributed by atoms with Gasteiger partial charge in [-0.25, -0.2) is 4.79 Å². The molecule has 1 heterocycles. The molecule has 1 aromatic carbocycles. The van der Waals surface area contributed by atoms with Crippen LogP contribution >= 0.6 is 0 Å². The van der Waals surface area contributed by atoms with Crippen molar-refractivity contribution in [2.24, 2.45) is 0 Å². The van der Waals surface area contributed by atoms with E-state index in [1.807, 2.05) is 13.8 Å². The van der Waals surface area contributed by atoms with Gasteiger partial charge < -0.3 is 19.7 Å². The number of aromatic carboxylic acids is 1. The number of anilines is 1. The lowest BCUT2D eigenvalue weighted by molar-refractivity contribution is 0.0696. The van der Waals surface area contributed by atoms with Crippen molar-refractivity contribution >= 4 is 17.6 Å². The summed E-state index contributed by atoms with van der Waals surface area (Å²) in [7, 11) is 1.51. The molecule has 0 fully saturated rings. The molecule has 0 bridgehead atoms. The number of hydrogen-bond donors (Lipinski definition) is 2. The van der Waals surface area contributed by atoms with E-state index in [9.17, 15) is 9.59 Å². The van der Waals surface area contributed by atoms with Crippen LogP contribution in [-0.4, -0.2) is 29.2 Å². The normalized spacial score (nSPS) is 10.8. The van der Waals surface area contributed by atoms with Gasteiger partial charge in [-0.2, -0.15) is 0 Å². The van der Waals surface area contributed by atoms with E-state index in [-0.39, 0.29) is 23.8 Å². The molecule has 122 valence electrons. The number of aromatic nitrogens is 1. The SMILES string of the molecule is COCc1cc(NC(=O)c2cc(C(C)C)on2)cc(C(=O)O)c1. The Bertz CT molecular complexity index is 721. The highest BCUT2D eigenvalue weighted by Crippen LogP contribution is 2.19. The maximum atomic E-state index is 12.2. The quantitative estimate of drug-likeness (QED) is 0.849. The van der Waals surface area contributed by atoms with Crippen LogP contribution in [0.2, 0.25) is 0 Å². The Hall–Kier alpha value is -2.67. The van der Waals surface area contributed by atoms with E-state index < -0.39 is 11.9 Å². The summed E-state index contributed by atoms with van der Waals surface area (Å²) in [6.45, 7) is 4.09. The number of carboxylic acid groups (broad SMARTS) is 1. The van der Waals surface area contributed by atoms with E-state index in [1.54, 1.807) is 12.1 Å². The summed E-state index contributed by atoms with van der Waals surface area (Å²) in [6, 6.07) is 6.09. The maximum Gasteiger partial charge on any atom is 0.335 e. The summed E-state index contributed by atoms with van der Waals surface area (Å²) in [6.07, 6.45) is 0. The largest absolute Gasteiger partial charge is 0.478 e. The monoisotopic (exact) mass is 318 g/mol. The Morgan fingerprint density at radius 2 is 2.04 bits per heavy atom. The number of hydrogen-bond acceptors (Lipinski definition) is 5. The summed E-state index contributed by atoms with van der Waals surface area (Å²) >= 11 is 0. The average Bonchev–Trinajstić information content (AvgIpc) is 2.97. The molecule has 0 radical (unpaired) electrons. The van der Waals surface area contributed by atoms with Crippen molar-refractivity contribution in [1.29, 1.82) is 0 Å². The predicted octanol–water partition coefficient (Wildman–Crippen LogP) is 2.89. The summed E-state index contributed by atoms with van der Waals surface area (Å²) in [5.41, 5.74) is 1.21. The number of ether oxygens (including phenoxy) is 1. The zero-order valence-electron chi connectivity index (χ0n) is 13.1. The second-order valence-corrected chi connectivity index (χ2v) is 5.38. The van der Waals surface area contributed by atoms with E-state index in [2.05, 4.69) is 10.5 Å². The number of carbonyl (C=O) groups excluding carboxylic acids is 1. The number of nitrogens with zero attached hydrogens (tertiary/aromatic N) is 1. The first-order valence-corrected chi connectivity index (χ1v) is 7.05. The lowest BCUT2D eigenvalue weighted by atomic mass is 10.1. The first kappa shape index (κ1) is 16.7. The van der Waals surface area contributed by atoms with Crippen LogP contribution in [0.25, 0.3) is 0 Å². The van der Waals surface area contributed by atoms with E-state index in [1.165, 1.54) is 19.2 Å². The highest BCUT2D eigenvalue weighted by atomic mass is 16.5. The van der Waals surface area contributed by atoms with E-state index >= 15 is 0 Å². The first-order valence-electron chi connectivity index (χ1n) is 7.05. The highest BCUT2D eigenvalue weighted by molar-refractivity contribution is 6.03. The third-order valence-corrected chi connectivity index (χ3v) is 3.14. The van der Waals surface area contributed by atoms with Gasteiger partial charge in [-0.05, 0) is 23.8 Å². The molecule has 7 nitrogen and oxygen atoms in total. The fourth-order valence-corrected chi connectivity index (χ4v) is 2.00. The van der Waals surface area contributed by atoms with Gasteiger partial charge in [0.1, 0.15) is 5.76 Å². The summed E-state index contributed by atoms with van der Waals surface area (Å²) < 4.78 is 10.1. The molecule has 0 aliphatic heterocycles. The zero-order chi connectivity index (χ0) is 17.0. The number of nitrogens with one attached hydrogen (secondary N) is 1. The predicted molar refractivity (Wildman–Crippen MR) is 82.7 cm³/mol. The van der Waals surface area contributed by atoms with Crippen molar-refractivity contribution in [3.8, 4) is 0 Å². The van der Waals surface area contributed by atoms with Crippen LogP contribution in [0.3, 0.4) is 0 Å². The van der Waals surface area contributed by atoms with E-state index in [0.29, 0.717) is 17.0 Å². The van der Waals surface area contributed by atoms with Crippen molar-refractivity contribution in [1.82, 2.24) is 5.16 Å². The minimum absolute atomic E-state index is 0.0675. The van der Waals surface area contributed by atoms with Gasteiger partial charge in [-0.15, -0.1) is 0 Å². The number of amides is 1. The average molecular weight is 318 g/mol. The molecule has 1 amide bonds. The van der Waals surface area contributed by atoms with Gasteiger partial charge in [0.05, 0.1) is 12.2 Å². The molecule has 0 atom stereocenters. The number of carbonyl (C=O) groups is 2. The van der Waals surface area contributed by atoms with Crippen molar-refractivity contribution in [2.45, 2.75) is 26.4 Å². The topological polar surface area (TPSA) is 102 Å². The second-order valence-electron chi connectivity index (χ2n) is 5.38. The second kappa shape index (κ2) is 7.06. The molecular weight excluding hydrogens is 300 g/mol. The molecule has 2 aromatic rings. The minimum Gasteiger partial charge on any atom is -0.478 e. The zero-order valence-corrected chi connectivity index (χ0v) is 13.1. The van der Waals surface area contributed by atoms with Gasteiger partial charge in [0, 0.05) is 24.8 Å². The fraction of sp³-hybridized carbons (Fsp3) is 0.312. The van der Waals surface area contributed by atoms with Crippen LogP contribution in [0.15, 0.2) is 28.8 Å². The van der Waals surface area contributed by atoms with Crippen LogP contribution in [-0.2, 0) is 11.3 Å². The van der Waals surface area contributed by atoms with E-state index in [0.717, 1.165) is 0 Å². The van der Waals surface area contributed by atoms with Crippen LogP contribution in [0.1, 0.15) is 51.9 Å². The van der Waals surface area contributed by atoms with Crippen molar-refractivity contribution in [2.75, 3.05) is 12.4 Å². The van der Waals surface area contributed by atoms with Gasteiger partial charge in [-0.1, -0.05) is 19.0 Å². The molecule has 0 saturated heterocycles. The van der Waals surface area contributed by atoms with Crippen LogP contribution in [0.4, 0.5) is 5.69 Å². The lowest BCUT2D eigenvalue weighted by Gasteiger charge is -2.08. The molecule has 7 heteroatoms. The molecule has 0 saturated carbocycles. The molecule has 1 aromatic heterocycles. The first-order chi connectivity index (χ1) is 10.9. The van der Waals surface area contributed by atoms with Crippen molar-refractivity contribution in [3.63, 3.8) is 0 Å². The highest BCUT2D eigenvalue weighted by Gasteiger charge is 2.16. The Kier molecular flexibility index (Phi) is 5.13. The fourth-order valence-electron chi connectivity index (χ4n) is 2.00. The summed E-state index contributed by atoms with van der Waals surface area (Å²) in [5.74, 6) is -0.823. The Morgan fingerprint density at radius 1 is 1.30 bits per heavy atom. The van der Waals surface area contributed by atoms with Crippen molar-refractivity contribution < 1.29 is 24.0 Å². The molecule has 0 unspecified atom stereocenters. The Morgan fingerprint density at radius 3 is 2.61 bits per heavy atom. The third kappa shape index (κ3) is 4.17. The molecular formula is C16H18N2O5. The van der Waals surface area contributed by atoms with Crippen molar-refractivity contribution in [3.05, 3.63) is 46.8 Å². The molecule has 0 aliphatic carbocycles. The minimum atomic E-state index is -1.08.